The normalized spacial score (nSPS) is 46.3. The van der Waals surface area contributed by atoms with Crippen LogP contribution < -0.4 is 5.63 Å². The van der Waals surface area contributed by atoms with Crippen molar-refractivity contribution in [1.82, 2.24) is 0 Å². The summed E-state index contributed by atoms with van der Waals surface area (Å²) in [6, 6.07) is 1.55. The molecular weight excluding hydrogens is 324 g/mol. The molecule has 6 nitrogen and oxygen atoms in total. The lowest BCUT2D eigenvalue weighted by Gasteiger charge is -2.50. The van der Waals surface area contributed by atoms with Crippen LogP contribution in [0.2, 0.25) is 0 Å². The monoisotopic (exact) mass is 346 g/mol. The van der Waals surface area contributed by atoms with Crippen molar-refractivity contribution in [3.63, 3.8) is 0 Å². The molecule has 6 heteroatoms. The summed E-state index contributed by atoms with van der Waals surface area (Å²) in [6.45, 7) is 7.79. The van der Waals surface area contributed by atoms with Gasteiger partial charge < -0.3 is 19.0 Å². The Labute approximate surface area is 145 Å². The average Bonchev–Trinajstić information content (AvgIpc) is 3.29. The Bertz CT molecular complexity index is 856. The number of ether oxygens (including phenoxy) is 2. The number of hydrogen-bond donors (Lipinski definition) is 1. The van der Waals surface area contributed by atoms with Crippen molar-refractivity contribution in [3.05, 3.63) is 33.4 Å². The first-order valence-corrected chi connectivity index (χ1v) is 8.92. The van der Waals surface area contributed by atoms with Crippen molar-refractivity contribution in [2.24, 2.45) is 11.3 Å². The molecule has 2 aliphatic carbocycles. The Morgan fingerprint density at radius 2 is 1.96 bits per heavy atom. The number of carbonyl (C=O) groups is 1. The van der Waals surface area contributed by atoms with Crippen LogP contribution in [0, 0.1) is 11.3 Å². The van der Waals surface area contributed by atoms with Gasteiger partial charge in [-0.1, -0.05) is 20.8 Å². The molecule has 7 atom stereocenters. The van der Waals surface area contributed by atoms with E-state index in [-0.39, 0.29) is 35.6 Å². The molecule has 3 fully saturated rings. The lowest BCUT2D eigenvalue weighted by atomic mass is 9.49. The van der Waals surface area contributed by atoms with Crippen molar-refractivity contribution >= 4 is 5.97 Å². The van der Waals surface area contributed by atoms with Gasteiger partial charge in [-0.05, 0) is 18.1 Å². The Kier molecular flexibility index (Phi) is 2.71. The van der Waals surface area contributed by atoms with Crippen LogP contribution in [0.15, 0.2) is 15.3 Å². The molecule has 25 heavy (non-hydrogen) atoms. The SMILES string of the molecule is CC(C)c1oc(=O)cc2c1CC1OC(=O)C3(C)C(O)C4OC4C2(C)C13. The van der Waals surface area contributed by atoms with Gasteiger partial charge in [0.05, 0.1) is 12.2 Å². The van der Waals surface area contributed by atoms with Crippen LogP contribution in [0.25, 0.3) is 0 Å². The predicted octanol–water partition coefficient (Wildman–Crippen LogP) is 1.27. The van der Waals surface area contributed by atoms with Crippen molar-refractivity contribution in [3.8, 4) is 0 Å². The smallest absolute Gasteiger partial charge is 0.336 e. The summed E-state index contributed by atoms with van der Waals surface area (Å²) in [5.74, 6) is 0.125. The van der Waals surface area contributed by atoms with Gasteiger partial charge in [0.15, 0.2) is 0 Å². The van der Waals surface area contributed by atoms with Crippen LogP contribution in [-0.4, -0.2) is 35.5 Å². The van der Waals surface area contributed by atoms with E-state index in [0.29, 0.717) is 12.2 Å². The second-order valence-electron chi connectivity index (χ2n) is 8.63. The van der Waals surface area contributed by atoms with Crippen molar-refractivity contribution in [2.75, 3.05) is 0 Å². The molecular formula is C19H22O6. The van der Waals surface area contributed by atoms with E-state index in [4.69, 9.17) is 13.9 Å². The largest absolute Gasteiger partial charge is 0.461 e. The van der Waals surface area contributed by atoms with Crippen LogP contribution in [0.3, 0.4) is 0 Å². The van der Waals surface area contributed by atoms with Crippen molar-refractivity contribution in [1.29, 1.82) is 0 Å². The van der Waals surface area contributed by atoms with Crippen LogP contribution in [-0.2, 0) is 26.1 Å². The highest BCUT2D eigenvalue weighted by Gasteiger charge is 2.78. The summed E-state index contributed by atoms with van der Waals surface area (Å²) in [4.78, 5) is 24.9. The zero-order valence-corrected chi connectivity index (χ0v) is 14.7. The van der Waals surface area contributed by atoms with E-state index < -0.39 is 23.0 Å². The number of carbonyl (C=O) groups excluding carboxylic acids is 1. The van der Waals surface area contributed by atoms with E-state index in [1.165, 1.54) is 0 Å². The second-order valence-corrected chi connectivity index (χ2v) is 8.63. The number of aliphatic hydroxyl groups is 1. The van der Waals surface area contributed by atoms with Gasteiger partial charge in [-0.15, -0.1) is 0 Å². The van der Waals surface area contributed by atoms with E-state index in [1.54, 1.807) is 13.0 Å². The fraction of sp³-hybridized carbons (Fsp3) is 0.684. The fourth-order valence-corrected chi connectivity index (χ4v) is 5.90. The summed E-state index contributed by atoms with van der Waals surface area (Å²) < 4.78 is 17.1. The third-order valence-corrected chi connectivity index (χ3v) is 7.01. The molecule has 0 bridgehead atoms. The highest BCUT2D eigenvalue weighted by Crippen LogP contribution is 2.66. The van der Waals surface area contributed by atoms with Gasteiger partial charge in [0.25, 0.3) is 0 Å². The van der Waals surface area contributed by atoms with Gasteiger partial charge in [0.2, 0.25) is 0 Å². The van der Waals surface area contributed by atoms with Gasteiger partial charge in [-0.2, -0.15) is 0 Å². The number of epoxide rings is 1. The maximum Gasteiger partial charge on any atom is 0.336 e. The minimum absolute atomic E-state index is 0.0522. The molecule has 1 aromatic heterocycles. The molecule has 5 rings (SSSR count). The Hall–Kier alpha value is -1.66. The Balaban J connectivity index is 1.81. The van der Waals surface area contributed by atoms with Crippen LogP contribution in [0.1, 0.15) is 50.5 Å². The highest BCUT2D eigenvalue weighted by atomic mass is 16.6. The Morgan fingerprint density at radius 1 is 1.24 bits per heavy atom. The average molecular weight is 346 g/mol. The van der Waals surface area contributed by atoms with E-state index >= 15 is 0 Å². The maximum absolute atomic E-state index is 12.7. The molecule has 0 spiro atoms. The van der Waals surface area contributed by atoms with E-state index in [2.05, 4.69) is 0 Å². The molecule has 1 saturated carbocycles. The van der Waals surface area contributed by atoms with E-state index in [0.717, 1.165) is 11.1 Å². The third kappa shape index (κ3) is 1.59. The molecule has 0 amide bonds. The summed E-state index contributed by atoms with van der Waals surface area (Å²) in [5.41, 5.74) is -0.0816. The van der Waals surface area contributed by atoms with Crippen molar-refractivity contribution < 1.29 is 23.8 Å². The standard InChI is InChI=1S/C19H22O6/c1-7(2)12-8-5-10-14-18(3,9(8)6-11(20)24-12)16-13(25-16)15(21)19(14,4)17(22)23-10/h6-7,10,13-16,21H,5H2,1-4H3. The Morgan fingerprint density at radius 3 is 2.64 bits per heavy atom. The number of aliphatic hydroxyl groups excluding tert-OH is 1. The van der Waals surface area contributed by atoms with Crippen molar-refractivity contribution in [2.45, 2.75) is 69.9 Å². The number of fused-ring (bicyclic) bond motifs is 4. The summed E-state index contributed by atoms with van der Waals surface area (Å²) >= 11 is 0. The number of esters is 1. The topological polar surface area (TPSA) is 89.3 Å². The highest BCUT2D eigenvalue weighted by molar-refractivity contribution is 5.82. The van der Waals surface area contributed by atoms with Crippen LogP contribution in [0.5, 0.6) is 0 Å². The molecule has 7 unspecified atom stereocenters. The summed E-state index contributed by atoms with van der Waals surface area (Å²) in [5, 5.41) is 10.7. The maximum atomic E-state index is 12.7. The number of hydrogen-bond acceptors (Lipinski definition) is 6. The molecule has 2 aliphatic heterocycles. The molecule has 134 valence electrons. The van der Waals surface area contributed by atoms with Crippen LogP contribution in [0.4, 0.5) is 0 Å². The van der Waals surface area contributed by atoms with Gasteiger partial charge in [0, 0.05) is 29.7 Å². The quantitative estimate of drug-likeness (QED) is 0.608. The summed E-state index contributed by atoms with van der Waals surface area (Å²) in [7, 11) is 0. The van der Waals surface area contributed by atoms with Crippen LogP contribution >= 0.6 is 0 Å². The minimum atomic E-state index is -1.01. The van der Waals surface area contributed by atoms with Gasteiger partial charge in [-0.25, -0.2) is 4.79 Å². The van der Waals surface area contributed by atoms with Gasteiger partial charge in [0.1, 0.15) is 23.4 Å². The lowest BCUT2D eigenvalue weighted by molar-refractivity contribution is -0.154. The molecule has 0 radical (unpaired) electrons. The molecule has 1 N–H and O–H groups in total. The second kappa shape index (κ2) is 4.35. The summed E-state index contributed by atoms with van der Waals surface area (Å²) in [6.07, 6.45) is -1.30. The predicted molar refractivity (Wildman–Crippen MR) is 86.3 cm³/mol. The van der Waals surface area contributed by atoms with E-state index in [9.17, 15) is 14.7 Å². The van der Waals surface area contributed by atoms with Gasteiger partial charge in [-0.3, -0.25) is 4.79 Å². The zero-order valence-electron chi connectivity index (χ0n) is 14.7. The lowest BCUT2D eigenvalue weighted by Crippen LogP contribution is -2.62. The fourth-order valence-electron chi connectivity index (χ4n) is 5.90. The molecule has 4 aliphatic rings. The van der Waals surface area contributed by atoms with Gasteiger partial charge >= 0.3 is 11.6 Å². The first kappa shape index (κ1) is 15.6. The first-order valence-electron chi connectivity index (χ1n) is 8.92. The molecule has 1 aromatic rings. The number of rotatable bonds is 1. The van der Waals surface area contributed by atoms with E-state index in [1.807, 2.05) is 20.8 Å². The molecule has 0 aromatic carbocycles. The minimum Gasteiger partial charge on any atom is -0.461 e. The zero-order chi connectivity index (χ0) is 17.9. The third-order valence-electron chi connectivity index (χ3n) is 7.01. The molecule has 2 saturated heterocycles. The molecule has 3 heterocycles. The first-order chi connectivity index (χ1) is 11.7.